The number of hydrogen-bond acceptors (Lipinski definition) is 4. The number of hydrogen-bond donors (Lipinski definition) is 0. The number of rotatable bonds is 5. The molecule has 0 bridgehead atoms. The molecule has 1 aromatic carbocycles. The van der Waals surface area contributed by atoms with E-state index in [-0.39, 0.29) is 34.8 Å². The Morgan fingerprint density at radius 1 is 0.963 bits per heavy atom. The summed E-state index contributed by atoms with van der Waals surface area (Å²) in [6.45, 7) is 3.97. The number of benzene rings is 1. The van der Waals surface area contributed by atoms with Crippen LogP contribution in [0.25, 0.3) is 0 Å². The molecule has 0 unspecified atom stereocenters. The Balaban J connectivity index is 1.48. The fraction of sp³-hybridized carbons (Fsp3) is 0.600. The summed E-state index contributed by atoms with van der Waals surface area (Å²) in [5.41, 5.74) is 0.995. The van der Waals surface area contributed by atoms with Crippen LogP contribution in [0.4, 0.5) is 0 Å². The molecule has 2 fully saturated rings. The van der Waals surface area contributed by atoms with E-state index in [4.69, 9.17) is 0 Å². The molecule has 27 heavy (non-hydrogen) atoms. The molecule has 0 atom stereocenters. The molecule has 1 aliphatic carbocycles. The summed E-state index contributed by atoms with van der Waals surface area (Å²) in [4.78, 5) is 28.7. The van der Waals surface area contributed by atoms with Crippen molar-refractivity contribution in [1.82, 2.24) is 9.80 Å². The number of carbonyl (C=O) groups is 2. The smallest absolute Gasteiger partial charge is 0.225 e. The van der Waals surface area contributed by atoms with E-state index in [1.807, 2.05) is 11.8 Å². The Morgan fingerprint density at radius 2 is 1.52 bits per heavy atom. The highest BCUT2D eigenvalue weighted by atomic mass is 32.2. The largest absolute Gasteiger partial charge is 0.339 e. The first kappa shape index (κ1) is 19.9. The van der Waals surface area contributed by atoms with E-state index >= 15 is 0 Å². The molecule has 148 valence electrons. The minimum absolute atomic E-state index is 0.0211. The van der Waals surface area contributed by atoms with Crippen LogP contribution in [0.2, 0.25) is 0 Å². The normalized spacial score (nSPS) is 18.7. The molecule has 0 radical (unpaired) electrons. The second-order valence-electron chi connectivity index (χ2n) is 7.57. The summed E-state index contributed by atoms with van der Waals surface area (Å²) in [6, 6.07) is 6.69. The third-order valence-corrected chi connectivity index (χ3v) is 7.35. The van der Waals surface area contributed by atoms with Crippen LogP contribution in [0.3, 0.4) is 0 Å². The van der Waals surface area contributed by atoms with Crippen LogP contribution >= 0.6 is 0 Å². The lowest BCUT2D eigenvalue weighted by Gasteiger charge is -2.36. The molecule has 3 rings (SSSR count). The predicted molar refractivity (Wildman–Crippen MR) is 103 cm³/mol. The van der Waals surface area contributed by atoms with Gasteiger partial charge in [-0.25, -0.2) is 8.42 Å². The molecule has 0 aromatic heterocycles. The van der Waals surface area contributed by atoms with Gasteiger partial charge in [0, 0.05) is 38.5 Å². The van der Waals surface area contributed by atoms with Gasteiger partial charge in [-0.2, -0.15) is 0 Å². The molecule has 1 aromatic rings. The van der Waals surface area contributed by atoms with Gasteiger partial charge in [0.15, 0.2) is 9.84 Å². The monoisotopic (exact) mass is 392 g/mol. The van der Waals surface area contributed by atoms with Crippen molar-refractivity contribution in [3.63, 3.8) is 0 Å². The van der Waals surface area contributed by atoms with E-state index in [9.17, 15) is 18.0 Å². The van der Waals surface area contributed by atoms with E-state index in [1.54, 1.807) is 29.2 Å². The van der Waals surface area contributed by atoms with Gasteiger partial charge in [0.25, 0.3) is 0 Å². The van der Waals surface area contributed by atoms with E-state index in [2.05, 4.69) is 0 Å². The number of sulfone groups is 1. The maximum atomic E-state index is 12.5. The first-order chi connectivity index (χ1) is 12.9. The van der Waals surface area contributed by atoms with E-state index < -0.39 is 9.84 Å². The van der Waals surface area contributed by atoms with Crippen molar-refractivity contribution in [2.75, 3.05) is 31.9 Å². The van der Waals surface area contributed by atoms with E-state index in [0.717, 1.165) is 31.2 Å². The molecule has 7 heteroatoms. The summed E-state index contributed by atoms with van der Waals surface area (Å²) in [7, 11) is -3.46. The van der Waals surface area contributed by atoms with E-state index in [0.29, 0.717) is 26.2 Å². The molecule has 2 aliphatic rings. The SMILES string of the molecule is Cc1ccc(S(=O)(=O)CCC(=O)N2CCN(C(=O)C3CCCC3)CC2)cc1. The lowest BCUT2D eigenvalue weighted by molar-refractivity contribution is -0.141. The zero-order chi connectivity index (χ0) is 19.4. The van der Waals surface area contributed by atoms with Crippen molar-refractivity contribution >= 4 is 21.7 Å². The summed E-state index contributed by atoms with van der Waals surface area (Å²) >= 11 is 0. The Hall–Kier alpha value is -1.89. The van der Waals surface area contributed by atoms with Gasteiger partial charge in [-0.05, 0) is 31.9 Å². The lowest BCUT2D eigenvalue weighted by atomic mass is 10.1. The molecular weight excluding hydrogens is 364 g/mol. The summed E-state index contributed by atoms with van der Waals surface area (Å²) in [5.74, 6) is 0.0444. The third kappa shape index (κ3) is 4.89. The zero-order valence-corrected chi connectivity index (χ0v) is 16.7. The maximum absolute atomic E-state index is 12.5. The standard InChI is InChI=1S/C20H28N2O4S/c1-16-6-8-18(9-7-16)27(25,26)15-10-19(23)21-11-13-22(14-12-21)20(24)17-4-2-3-5-17/h6-9,17H,2-5,10-15H2,1H3. The zero-order valence-electron chi connectivity index (χ0n) is 15.9. The molecule has 1 saturated heterocycles. The first-order valence-corrected chi connectivity index (χ1v) is 11.4. The molecule has 2 amide bonds. The number of nitrogens with zero attached hydrogens (tertiary/aromatic N) is 2. The Labute approximate surface area is 161 Å². The molecule has 1 aliphatic heterocycles. The fourth-order valence-corrected chi connectivity index (χ4v) is 5.08. The highest BCUT2D eigenvalue weighted by Gasteiger charge is 2.30. The molecular formula is C20H28N2O4S. The molecule has 1 saturated carbocycles. The van der Waals surface area contributed by atoms with Crippen LogP contribution in [0.1, 0.15) is 37.7 Å². The van der Waals surface area contributed by atoms with Crippen LogP contribution in [-0.2, 0) is 19.4 Å². The van der Waals surface area contributed by atoms with Gasteiger partial charge >= 0.3 is 0 Å². The minimum Gasteiger partial charge on any atom is -0.339 e. The highest BCUT2D eigenvalue weighted by Crippen LogP contribution is 2.27. The lowest BCUT2D eigenvalue weighted by Crippen LogP contribution is -2.52. The minimum atomic E-state index is -3.46. The van der Waals surface area contributed by atoms with Gasteiger partial charge in [-0.1, -0.05) is 30.5 Å². The maximum Gasteiger partial charge on any atom is 0.225 e. The van der Waals surface area contributed by atoms with Crippen LogP contribution < -0.4 is 0 Å². The average Bonchev–Trinajstić information content (AvgIpc) is 3.21. The van der Waals surface area contributed by atoms with Crippen LogP contribution in [0.15, 0.2) is 29.2 Å². The van der Waals surface area contributed by atoms with Gasteiger partial charge < -0.3 is 9.80 Å². The third-order valence-electron chi connectivity index (χ3n) is 5.61. The topological polar surface area (TPSA) is 74.8 Å². The van der Waals surface area contributed by atoms with Crippen molar-refractivity contribution in [1.29, 1.82) is 0 Å². The Kier molecular flexibility index (Phi) is 6.19. The summed E-state index contributed by atoms with van der Waals surface area (Å²) in [6.07, 6.45) is 4.20. The van der Waals surface area contributed by atoms with Gasteiger partial charge in [0.2, 0.25) is 11.8 Å². The molecule has 0 spiro atoms. The van der Waals surface area contributed by atoms with Crippen molar-refractivity contribution in [3.8, 4) is 0 Å². The van der Waals surface area contributed by atoms with Crippen molar-refractivity contribution < 1.29 is 18.0 Å². The second-order valence-corrected chi connectivity index (χ2v) is 9.68. The van der Waals surface area contributed by atoms with Gasteiger partial charge in [0.05, 0.1) is 10.6 Å². The van der Waals surface area contributed by atoms with Crippen LogP contribution in [0.5, 0.6) is 0 Å². The predicted octanol–water partition coefficient (Wildman–Crippen LogP) is 2.02. The Bertz CT molecular complexity index is 775. The van der Waals surface area contributed by atoms with Crippen molar-refractivity contribution in [3.05, 3.63) is 29.8 Å². The quantitative estimate of drug-likeness (QED) is 0.768. The van der Waals surface area contributed by atoms with Gasteiger partial charge in [-0.15, -0.1) is 0 Å². The number of carbonyl (C=O) groups excluding carboxylic acids is 2. The molecule has 6 nitrogen and oxygen atoms in total. The molecule has 0 N–H and O–H groups in total. The second kappa shape index (κ2) is 8.42. The number of amides is 2. The van der Waals surface area contributed by atoms with Crippen LogP contribution in [0, 0.1) is 12.8 Å². The molecule has 1 heterocycles. The van der Waals surface area contributed by atoms with Gasteiger partial charge in [-0.3, -0.25) is 9.59 Å². The van der Waals surface area contributed by atoms with Gasteiger partial charge in [0.1, 0.15) is 0 Å². The van der Waals surface area contributed by atoms with Crippen molar-refractivity contribution in [2.24, 2.45) is 5.92 Å². The number of piperazine rings is 1. The number of aryl methyl sites for hydroxylation is 1. The summed E-state index contributed by atoms with van der Waals surface area (Å²) in [5, 5.41) is 0. The van der Waals surface area contributed by atoms with Crippen LogP contribution in [-0.4, -0.2) is 62.0 Å². The Morgan fingerprint density at radius 3 is 2.11 bits per heavy atom. The summed E-state index contributed by atoms with van der Waals surface area (Å²) < 4.78 is 24.8. The average molecular weight is 393 g/mol. The fourth-order valence-electron chi connectivity index (χ4n) is 3.85. The van der Waals surface area contributed by atoms with Crippen molar-refractivity contribution in [2.45, 2.75) is 43.9 Å². The first-order valence-electron chi connectivity index (χ1n) is 9.73. The van der Waals surface area contributed by atoms with E-state index in [1.165, 1.54) is 0 Å². The highest BCUT2D eigenvalue weighted by molar-refractivity contribution is 7.91.